The lowest BCUT2D eigenvalue weighted by Gasteiger charge is -2.31. The summed E-state index contributed by atoms with van der Waals surface area (Å²) in [5.41, 5.74) is 1.32. The number of benzene rings is 2. The molecule has 3 rings (SSSR count). The Morgan fingerprint density at radius 2 is 1.91 bits per heavy atom. The summed E-state index contributed by atoms with van der Waals surface area (Å²) >= 11 is 6.04. The van der Waals surface area contributed by atoms with Gasteiger partial charge in [-0.05, 0) is 81.4 Å². The molecule has 0 saturated carbocycles. The zero-order chi connectivity index (χ0) is 22.9. The third-order valence-electron chi connectivity index (χ3n) is 5.50. The minimum Gasteiger partial charge on any atom is -0.493 e. The first-order valence-corrected chi connectivity index (χ1v) is 11.2. The van der Waals surface area contributed by atoms with E-state index < -0.39 is 0 Å². The number of nitrogens with zero attached hydrogens (tertiary/aromatic N) is 1. The van der Waals surface area contributed by atoms with Crippen LogP contribution < -0.4 is 10.1 Å². The number of ether oxygens (including phenoxy) is 1. The highest BCUT2D eigenvalue weighted by Crippen LogP contribution is 2.24. The Morgan fingerprint density at radius 3 is 2.59 bits per heavy atom. The van der Waals surface area contributed by atoms with Gasteiger partial charge < -0.3 is 15.0 Å². The van der Waals surface area contributed by atoms with Gasteiger partial charge in [-0.3, -0.25) is 9.59 Å². The largest absolute Gasteiger partial charge is 0.493 e. The van der Waals surface area contributed by atoms with Crippen molar-refractivity contribution in [3.05, 3.63) is 70.5 Å². The number of piperidine rings is 1. The molecule has 1 aliphatic heterocycles. The van der Waals surface area contributed by atoms with Gasteiger partial charge in [0.05, 0.1) is 6.61 Å². The first-order chi connectivity index (χ1) is 15.5. The van der Waals surface area contributed by atoms with Crippen LogP contribution in [0.15, 0.2) is 48.5 Å². The average Bonchev–Trinajstić information content (AvgIpc) is 2.80. The van der Waals surface area contributed by atoms with Crippen molar-refractivity contribution in [3.8, 4) is 5.75 Å². The van der Waals surface area contributed by atoms with Crippen LogP contribution in [0.25, 0.3) is 6.08 Å². The molecule has 0 spiro atoms. The molecule has 2 aromatic carbocycles. The van der Waals surface area contributed by atoms with Crippen LogP contribution in [0.1, 0.15) is 35.7 Å². The minimum absolute atomic E-state index is 0.0357. The quantitative estimate of drug-likeness (QED) is 0.440. The van der Waals surface area contributed by atoms with Crippen molar-refractivity contribution in [1.29, 1.82) is 0 Å². The van der Waals surface area contributed by atoms with Crippen LogP contribution in [0.2, 0.25) is 5.02 Å². The molecule has 5 nitrogen and oxygen atoms in total. The fraction of sp³-hybridized carbons (Fsp3) is 0.360. The lowest BCUT2D eigenvalue weighted by molar-refractivity contribution is -0.116. The van der Waals surface area contributed by atoms with E-state index in [9.17, 15) is 14.0 Å². The number of Topliss-reactive ketones (excluding diaryl/α,β-unsaturated/α-hetero) is 1. The van der Waals surface area contributed by atoms with Gasteiger partial charge in [-0.2, -0.15) is 0 Å². The molecule has 0 atom stereocenters. The third kappa shape index (κ3) is 6.90. The molecule has 0 unspecified atom stereocenters. The maximum atomic E-state index is 13.1. The molecule has 0 aromatic heterocycles. The molecular weight excluding hydrogens is 431 g/mol. The second-order valence-electron chi connectivity index (χ2n) is 7.73. The number of ketones is 1. The number of carbonyl (C=O) groups is 2. The van der Waals surface area contributed by atoms with Crippen molar-refractivity contribution in [2.24, 2.45) is 5.92 Å². The monoisotopic (exact) mass is 458 g/mol. The Balaban J connectivity index is 1.40. The van der Waals surface area contributed by atoms with E-state index in [1.165, 1.54) is 18.2 Å². The number of hydrogen-bond donors (Lipinski definition) is 1. The molecule has 1 fully saturated rings. The van der Waals surface area contributed by atoms with E-state index in [4.69, 9.17) is 16.3 Å². The van der Waals surface area contributed by atoms with Gasteiger partial charge in [-0.1, -0.05) is 11.6 Å². The van der Waals surface area contributed by atoms with Crippen LogP contribution in [0.4, 0.5) is 4.39 Å². The summed E-state index contributed by atoms with van der Waals surface area (Å²) in [5.74, 6) is 0.199. The fourth-order valence-electron chi connectivity index (χ4n) is 3.77. The summed E-state index contributed by atoms with van der Waals surface area (Å²) in [4.78, 5) is 27.0. The molecule has 0 radical (unpaired) electrons. The third-order valence-corrected chi connectivity index (χ3v) is 5.74. The van der Waals surface area contributed by atoms with Gasteiger partial charge in [-0.15, -0.1) is 0 Å². The van der Waals surface area contributed by atoms with Crippen molar-refractivity contribution in [2.75, 3.05) is 32.8 Å². The van der Waals surface area contributed by atoms with Crippen LogP contribution >= 0.6 is 11.6 Å². The Bertz CT molecular complexity index is 954. The van der Waals surface area contributed by atoms with Gasteiger partial charge in [0, 0.05) is 41.2 Å². The molecule has 1 heterocycles. The topological polar surface area (TPSA) is 58.6 Å². The smallest absolute Gasteiger partial charge is 0.244 e. The molecule has 0 aliphatic carbocycles. The average molecular weight is 459 g/mol. The van der Waals surface area contributed by atoms with Crippen LogP contribution in [0, 0.1) is 11.7 Å². The van der Waals surface area contributed by atoms with E-state index in [1.54, 1.807) is 36.4 Å². The molecular formula is C25H28ClFN2O3. The summed E-state index contributed by atoms with van der Waals surface area (Å²) in [7, 11) is 0. The van der Waals surface area contributed by atoms with Gasteiger partial charge in [0.15, 0.2) is 5.78 Å². The number of amides is 1. The Labute approximate surface area is 193 Å². The van der Waals surface area contributed by atoms with Crippen LogP contribution in [-0.4, -0.2) is 49.4 Å². The Hall–Kier alpha value is -2.70. The molecule has 1 aliphatic rings. The number of rotatable bonds is 9. The van der Waals surface area contributed by atoms with E-state index in [0.29, 0.717) is 29.5 Å². The Morgan fingerprint density at radius 1 is 1.19 bits per heavy atom. The summed E-state index contributed by atoms with van der Waals surface area (Å²) in [6, 6.07) is 11.0. The van der Waals surface area contributed by atoms with Crippen molar-refractivity contribution in [3.63, 3.8) is 0 Å². The molecule has 1 saturated heterocycles. The number of likely N-dealkylation sites (tertiary alicyclic amines) is 1. The number of hydrogen-bond acceptors (Lipinski definition) is 4. The second-order valence-corrected chi connectivity index (χ2v) is 8.16. The van der Waals surface area contributed by atoms with E-state index in [1.807, 2.05) is 6.92 Å². The zero-order valence-corrected chi connectivity index (χ0v) is 18.9. The van der Waals surface area contributed by atoms with E-state index >= 15 is 0 Å². The van der Waals surface area contributed by atoms with Crippen molar-refractivity contribution < 1.29 is 18.7 Å². The maximum absolute atomic E-state index is 13.1. The lowest BCUT2D eigenvalue weighted by atomic mass is 9.89. The van der Waals surface area contributed by atoms with E-state index in [0.717, 1.165) is 38.0 Å². The Kier molecular flexibility index (Phi) is 8.82. The molecule has 1 amide bonds. The molecule has 0 bridgehead atoms. The zero-order valence-electron chi connectivity index (χ0n) is 18.2. The van der Waals surface area contributed by atoms with Crippen molar-refractivity contribution in [2.45, 2.75) is 19.8 Å². The highest BCUT2D eigenvalue weighted by atomic mass is 35.5. The van der Waals surface area contributed by atoms with Gasteiger partial charge >= 0.3 is 0 Å². The summed E-state index contributed by atoms with van der Waals surface area (Å²) in [5, 5.41) is 3.47. The predicted molar refractivity (Wildman–Crippen MR) is 125 cm³/mol. The minimum atomic E-state index is -0.337. The van der Waals surface area contributed by atoms with Crippen LogP contribution in [0.3, 0.4) is 0 Å². The maximum Gasteiger partial charge on any atom is 0.244 e. The molecule has 170 valence electrons. The highest BCUT2D eigenvalue weighted by molar-refractivity contribution is 6.30. The summed E-state index contributed by atoms with van der Waals surface area (Å²) < 4.78 is 18.6. The first kappa shape index (κ1) is 24.0. The van der Waals surface area contributed by atoms with Gasteiger partial charge in [0.1, 0.15) is 11.6 Å². The summed E-state index contributed by atoms with van der Waals surface area (Å²) in [6.07, 6.45) is 4.69. The fourth-order valence-corrected chi connectivity index (χ4v) is 3.95. The van der Waals surface area contributed by atoms with Crippen molar-refractivity contribution in [1.82, 2.24) is 10.2 Å². The number of nitrogens with one attached hydrogen (secondary N) is 1. The summed E-state index contributed by atoms with van der Waals surface area (Å²) in [6.45, 7) is 5.26. The molecule has 2 aromatic rings. The second kappa shape index (κ2) is 11.8. The highest BCUT2D eigenvalue weighted by Gasteiger charge is 2.25. The first-order valence-electron chi connectivity index (χ1n) is 10.9. The number of halogens is 2. The predicted octanol–water partition coefficient (Wildman–Crippen LogP) is 4.60. The molecule has 1 N–H and O–H groups in total. The SMILES string of the molecule is CCOc1ccc(Cl)cc1/C=C/C(=O)NCCN1CCC(C(=O)c2ccc(F)cc2)CC1. The van der Waals surface area contributed by atoms with Gasteiger partial charge in [0.2, 0.25) is 5.91 Å². The molecule has 7 heteroatoms. The van der Waals surface area contributed by atoms with Crippen LogP contribution in [-0.2, 0) is 4.79 Å². The van der Waals surface area contributed by atoms with Crippen molar-refractivity contribution >= 4 is 29.4 Å². The number of carbonyl (C=O) groups excluding carboxylic acids is 2. The van der Waals surface area contributed by atoms with E-state index in [-0.39, 0.29) is 23.4 Å². The van der Waals surface area contributed by atoms with Gasteiger partial charge in [-0.25, -0.2) is 4.39 Å². The molecule has 32 heavy (non-hydrogen) atoms. The van der Waals surface area contributed by atoms with Gasteiger partial charge in [0.25, 0.3) is 0 Å². The lowest BCUT2D eigenvalue weighted by Crippen LogP contribution is -2.40. The normalized spacial score (nSPS) is 15.1. The van der Waals surface area contributed by atoms with Crippen LogP contribution in [0.5, 0.6) is 5.75 Å². The van der Waals surface area contributed by atoms with E-state index in [2.05, 4.69) is 10.2 Å². The standard InChI is InChI=1S/C25H28ClFN2O3/c1-2-32-23-9-6-21(26)17-20(23)5-10-24(30)28-13-16-29-14-11-19(12-15-29)25(31)18-3-7-22(27)8-4-18/h3-10,17,19H,2,11-16H2,1H3,(H,28,30)/b10-5+.